The predicted molar refractivity (Wildman–Crippen MR) is 75.3 cm³/mol. The van der Waals surface area contributed by atoms with Crippen molar-refractivity contribution in [3.63, 3.8) is 0 Å². The monoisotopic (exact) mass is 319 g/mol. The Balaban J connectivity index is 1.68. The van der Waals surface area contributed by atoms with Crippen LogP contribution in [0.15, 0.2) is 36.4 Å². The van der Waals surface area contributed by atoms with Gasteiger partial charge in [-0.05, 0) is 5.56 Å². The second-order valence-corrected chi connectivity index (χ2v) is 5.37. The molecule has 1 aromatic rings. The van der Waals surface area contributed by atoms with E-state index in [4.69, 9.17) is 9.47 Å². The first-order valence-corrected chi connectivity index (χ1v) is 6.94. The number of nitro benzene ring substituents is 1. The summed E-state index contributed by atoms with van der Waals surface area (Å²) in [5.74, 6) is -3.66. The minimum atomic E-state index is -1.11. The lowest BCUT2D eigenvalue weighted by Gasteiger charge is -2.20. The molecule has 0 saturated carbocycles. The fourth-order valence-corrected chi connectivity index (χ4v) is 2.89. The number of benzene rings is 1. The van der Waals surface area contributed by atoms with Crippen molar-refractivity contribution in [3.8, 4) is 0 Å². The number of ether oxygens (including phenoxy) is 2. The normalized spacial score (nSPS) is 27.8. The van der Waals surface area contributed by atoms with Crippen LogP contribution in [0.25, 0.3) is 0 Å². The van der Waals surface area contributed by atoms with E-state index in [0.717, 1.165) is 0 Å². The lowest BCUT2D eigenvalue weighted by molar-refractivity contribution is -0.384. The van der Waals surface area contributed by atoms with E-state index in [0.29, 0.717) is 5.56 Å². The highest BCUT2D eigenvalue weighted by Crippen LogP contribution is 2.40. The van der Waals surface area contributed by atoms with Crippen molar-refractivity contribution in [1.29, 1.82) is 0 Å². The summed E-state index contributed by atoms with van der Waals surface area (Å²) < 4.78 is 10.5. The van der Waals surface area contributed by atoms with Crippen LogP contribution in [0.1, 0.15) is 5.56 Å². The molecule has 1 saturated heterocycles. The van der Waals surface area contributed by atoms with E-state index in [1.165, 1.54) is 18.2 Å². The number of hydrogen-bond acceptors (Lipinski definition) is 6. The van der Waals surface area contributed by atoms with Gasteiger partial charge in [0.2, 0.25) is 0 Å². The molecule has 0 spiro atoms. The van der Waals surface area contributed by atoms with Gasteiger partial charge >= 0.3 is 11.9 Å². The number of hydrogen-bond donors (Lipinski definition) is 1. The molecule has 2 bridgehead atoms. The second kappa shape index (κ2) is 5.81. The van der Waals surface area contributed by atoms with Crippen LogP contribution in [-0.4, -0.2) is 34.2 Å². The fraction of sp³-hybridized carbons (Fsp3) is 0.333. The molecule has 2 aliphatic rings. The van der Waals surface area contributed by atoms with E-state index in [1.807, 2.05) is 0 Å². The first kappa shape index (κ1) is 15.2. The number of carbonyl (C=O) groups excluding carboxylic acids is 1. The molecule has 8 nitrogen and oxygen atoms in total. The zero-order valence-corrected chi connectivity index (χ0v) is 11.8. The smallest absolute Gasteiger partial charge is 0.313 e. The quantitative estimate of drug-likeness (QED) is 0.376. The molecule has 4 unspecified atom stereocenters. The molecular weight excluding hydrogens is 306 g/mol. The van der Waals surface area contributed by atoms with Crippen molar-refractivity contribution >= 4 is 17.6 Å². The highest BCUT2D eigenvalue weighted by molar-refractivity contribution is 5.84. The van der Waals surface area contributed by atoms with Gasteiger partial charge in [0.05, 0.1) is 17.1 Å². The Bertz CT molecular complexity index is 699. The second-order valence-electron chi connectivity index (χ2n) is 5.37. The summed E-state index contributed by atoms with van der Waals surface area (Å²) in [5, 5.41) is 20.0. The molecule has 0 aromatic heterocycles. The molecule has 1 fully saturated rings. The maximum atomic E-state index is 12.2. The number of nitrogens with zero attached hydrogens (tertiary/aromatic N) is 1. The fourth-order valence-electron chi connectivity index (χ4n) is 2.89. The first-order valence-electron chi connectivity index (χ1n) is 6.94. The maximum Gasteiger partial charge on any atom is 0.313 e. The van der Waals surface area contributed by atoms with Crippen molar-refractivity contribution < 1.29 is 29.1 Å². The van der Waals surface area contributed by atoms with Crippen LogP contribution < -0.4 is 0 Å². The minimum Gasteiger partial charge on any atom is -0.481 e. The molecule has 1 aromatic carbocycles. The largest absolute Gasteiger partial charge is 0.481 e. The molecule has 8 heteroatoms. The first-order chi connectivity index (χ1) is 11.0. The number of nitro groups is 1. The van der Waals surface area contributed by atoms with Gasteiger partial charge < -0.3 is 14.6 Å². The number of carbonyl (C=O) groups is 2. The summed E-state index contributed by atoms with van der Waals surface area (Å²) in [6.07, 6.45) is 2.07. The Morgan fingerprint density at radius 2 is 1.96 bits per heavy atom. The van der Waals surface area contributed by atoms with Gasteiger partial charge in [0.1, 0.15) is 18.4 Å². The average Bonchev–Trinajstić information content (AvgIpc) is 3.13. The van der Waals surface area contributed by atoms with E-state index >= 15 is 0 Å². The molecular formula is C15H13NO7. The van der Waals surface area contributed by atoms with Crippen molar-refractivity contribution in [2.45, 2.75) is 18.8 Å². The van der Waals surface area contributed by atoms with E-state index in [-0.39, 0.29) is 12.3 Å². The highest BCUT2D eigenvalue weighted by Gasteiger charge is 2.54. The highest BCUT2D eigenvalue weighted by atomic mass is 16.6. The van der Waals surface area contributed by atoms with Crippen molar-refractivity contribution in [3.05, 3.63) is 52.1 Å². The summed E-state index contributed by atoms with van der Waals surface area (Å²) in [6, 6.07) is 5.72. The number of aliphatic carboxylic acids is 1. The minimum absolute atomic E-state index is 0.104. The zero-order chi connectivity index (χ0) is 16.6. The van der Waals surface area contributed by atoms with Gasteiger partial charge in [0, 0.05) is 12.1 Å². The summed E-state index contributed by atoms with van der Waals surface area (Å²) in [4.78, 5) is 33.7. The average molecular weight is 319 g/mol. The van der Waals surface area contributed by atoms with Gasteiger partial charge in [0.15, 0.2) is 0 Å². The number of esters is 1. The predicted octanol–water partition coefficient (Wildman–Crippen LogP) is 1.29. The van der Waals surface area contributed by atoms with Crippen LogP contribution in [0.5, 0.6) is 0 Å². The third-order valence-electron chi connectivity index (χ3n) is 3.96. The number of non-ortho nitro benzene ring substituents is 1. The maximum absolute atomic E-state index is 12.2. The van der Waals surface area contributed by atoms with Crippen molar-refractivity contribution in [1.82, 2.24) is 0 Å². The van der Waals surface area contributed by atoms with E-state index in [1.54, 1.807) is 18.2 Å². The Morgan fingerprint density at radius 3 is 2.61 bits per heavy atom. The molecule has 3 rings (SSSR count). The standard InChI is InChI=1S/C15H13NO7/c17-14(18)12-10-4-5-11(23-10)13(12)15(19)22-7-8-2-1-3-9(6-8)16(20)21/h1-6,10-13H,7H2,(H,17,18). The third-order valence-corrected chi connectivity index (χ3v) is 3.96. The molecule has 2 heterocycles. The molecule has 4 atom stereocenters. The van der Waals surface area contributed by atoms with Gasteiger partial charge in [-0.1, -0.05) is 24.3 Å². The summed E-state index contributed by atoms with van der Waals surface area (Å²) in [5.41, 5.74) is 0.354. The van der Waals surface area contributed by atoms with Gasteiger partial charge in [0.25, 0.3) is 5.69 Å². The molecule has 0 radical (unpaired) electrons. The number of fused-ring (bicyclic) bond motifs is 2. The van der Waals surface area contributed by atoms with Crippen LogP contribution in [0.2, 0.25) is 0 Å². The van der Waals surface area contributed by atoms with Crippen LogP contribution in [0, 0.1) is 22.0 Å². The van der Waals surface area contributed by atoms with Crippen LogP contribution >= 0.6 is 0 Å². The molecule has 2 aliphatic heterocycles. The Hall–Kier alpha value is -2.74. The van der Waals surface area contributed by atoms with E-state index in [9.17, 15) is 24.8 Å². The molecule has 1 N–H and O–H groups in total. The van der Waals surface area contributed by atoms with Gasteiger partial charge in [-0.25, -0.2) is 0 Å². The van der Waals surface area contributed by atoms with Crippen molar-refractivity contribution in [2.75, 3.05) is 0 Å². The molecule has 120 valence electrons. The van der Waals surface area contributed by atoms with Crippen molar-refractivity contribution in [2.24, 2.45) is 11.8 Å². The zero-order valence-electron chi connectivity index (χ0n) is 11.8. The topological polar surface area (TPSA) is 116 Å². The van der Waals surface area contributed by atoms with Crippen LogP contribution in [-0.2, 0) is 25.7 Å². The molecule has 23 heavy (non-hydrogen) atoms. The Kier molecular flexibility index (Phi) is 3.83. The Labute approximate surface area is 130 Å². The third kappa shape index (κ3) is 2.80. The number of carboxylic acid groups (broad SMARTS) is 1. The summed E-state index contributed by atoms with van der Waals surface area (Å²) >= 11 is 0. The van der Waals surface area contributed by atoms with Crippen LogP contribution in [0.4, 0.5) is 5.69 Å². The van der Waals surface area contributed by atoms with E-state index in [2.05, 4.69) is 0 Å². The van der Waals surface area contributed by atoms with Gasteiger partial charge in [-0.15, -0.1) is 0 Å². The Morgan fingerprint density at radius 1 is 1.26 bits per heavy atom. The summed E-state index contributed by atoms with van der Waals surface area (Å²) in [7, 11) is 0. The lowest BCUT2D eigenvalue weighted by atomic mass is 9.83. The van der Waals surface area contributed by atoms with Crippen LogP contribution in [0.3, 0.4) is 0 Å². The van der Waals surface area contributed by atoms with Gasteiger partial charge in [-0.3, -0.25) is 19.7 Å². The number of rotatable bonds is 5. The number of carboxylic acids is 1. The van der Waals surface area contributed by atoms with E-state index < -0.39 is 40.9 Å². The summed E-state index contributed by atoms with van der Waals surface area (Å²) in [6.45, 7) is -0.162. The lowest BCUT2D eigenvalue weighted by Crippen LogP contribution is -2.37. The van der Waals surface area contributed by atoms with Gasteiger partial charge in [-0.2, -0.15) is 0 Å². The molecule has 0 amide bonds. The molecule has 0 aliphatic carbocycles. The SMILES string of the molecule is O=C(O)C1C2C=CC(O2)C1C(=O)OCc1cccc([N+](=O)[O-])c1.